The van der Waals surface area contributed by atoms with Gasteiger partial charge in [0.05, 0.1) is 12.4 Å². The summed E-state index contributed by atoms with van der Waals surface area (Å²) in [5, 5.41) is 3.30. The number of halogens is 1. The molecular formula is C10H15FN4. The normalized spacial score (nSPS) is 20.5. The molecule has 0 aromatic carbocycles. The smallest absolute Gasteiger partial charge is 0.225 e. The van der Waals surface area contributed by atoms with E-state index in [1.165, 1.54) is 12.4 Å². The lowest BCUT2D eigenvalue weighted by Crippen LogP contribution is -2.37. The van der Waals surface area contributed by atoms with Crippen molar-refractivity contribution in [2.45, 2.75) is 19.4 Å². The maximum Gasteiger partial charge on any atom is 0.225 e. The Kier molecular flexibility index (Phi) is 3.11. The van der Waals surface area contributed by atoms with Crippen LogP contribution >= 0.6 is 0 Å². The van der Waals surface area contributed by atoms with Crippen molar-refractivity contribution < 1.29 is 4.39 Å². The molecule has 0 aliphatic carbocycles. The average Bonchev–Trinajstić information content (AvgIpc) is 2.75. The van der Waals surface area contributed by atoms with Crippen LogP contribution < -0.4 is 10.2 Å². The minimum absolute atomic E-state index is 0.389. The highest BCUT2D eigenvalue weighted by atomic mass is 19.1. The molecule has 82 valence electrons. The summed E-state index contributed by atoms with van der Waals surface area (Å²) >= 11 is 0. The first-order valence-corrected chi connectivity index (χ1v) is 5.26. The summed E-state index contributed by atoms with van der Waals surface area (Å²) in [5.74, 6) is 0.229. The molecule has 0 radical (unpaired) electrons. The van der Waals surface area contributed by atoms with E-state index in [1.54, 1.807) is 0 Å². The van der Waals surface area contributed by atoms with Gasteiger partial charge in [0, 0.05) is 19.1 Å². The molecule has 2 heterocycles. The first-order valence-electron chi connectivity index (χ1n) is 5.26. The Hall–Kier alpha value is -1.23. The van der Waals surface area contributed by atoms with Gasteiger partial charge in [-0.05, 0) is 19.9 Å². The third kappa shape index (κ3) is 2.23. The van der Waals surface area contributed by atoms with Gasteiger partial charge in [0.2, 0.25) is 5.95 Å². The van der Waals surface area contributed by atoms with Gasteiger partial charge in [-0.25, -0.2) is 14.4 Å². The summed E-state index contributed by atoms with van der Waals surface area (Å²) in [6.45, 7) is 4.89. The molecular weight excluding hydrogens is 195 g/mol. The fourth-order valence-electron chi connectivity index (χ4n) is 1.92. The molecule has 1 saturated heterocycles. The summed E-state index contributed by atoms with van der Waals surface area (Å²) in [6, 6.07) is 0.431. The summed E-state index contributed by atoms with van der Waals surface area (Å²) < 4.78 is 12.7. The molecule has 4 nitrogen and oxygen atoms in total. The maximum absolute atomic E-state index is 12.7. The Bertz CT molecular complexity index is 308. The second-order valence-corrected chi connectivity index (χ2v) is 3.63. The molecule has 5 heteroatoms. The average molecular weight is 210 g/mol. The topological polar surface area (TPSA) is 41.1 Å². The number of nitrogens with zero attached hydrogens (tertiary/aromatic N) is 3. The van der Waals surface area contributed by atoms with Gasteiger partial charge in [0.25, 0.3) is 0 Å². The van der Waals surface area contributed by atoms with Gasteiger partial charge >= 0.3 is 0 Å². The fourth-order valence-corrected chi connectivity index (χ4v) is 1.92. The van der Waals surface area contributed by atoms with E-state index in [9.17, 15) is 4.39 Å². The van der Waals surface area contributed by atoms with Gasteiger partial charge in [-0.15, -0.1) is 0 Å². The largest absolute Gasteiger partial charge is 0.337 e. The van der Waals surface area contributed by atoms with E-state index in [0.29, 0.717) is 12.0 Å². The number of rotatable bonds is 3. The quantitative estimate of drug-likeness (QED) is 0.801. The molecule has 1 aromatic rings. The third-order valence-electron chi connectivity index (χ3n) is 2.68. The van der Waals surface area contributed by atoms with Crippen LogP contribution in [-0.4, -0.2) is 35.6 Å². The summed E-state index contributed by atoms with van der Waals surface area (Å²) in [6.07, 6.45) is 3.52. The van der Waals surface area contributed by atoms with Crippen molar-refractivity contribution in [3.05, 3.63) is 18.2 Å². The van der Waals surface area contributed by atoms with Crippen molar-refractivity contribution in [1.82, 2.24) is 15.3 Å². The molecule has 2 rings (SSSR count). The molecule has 1 N–H and O–H groups in total. The first kappa shape index (κ1) is 10.3. The molecule has 1 atom stereocenters. The fraction of sp³-hybridized carbons (Fsp3) is 0.600. The van der Waals surface area contributed by atoms with Crippen LogP contribution in [0.2, 0.25) is 0 Å². The molecule has 1 aliphatic heterocycles. The van der Waals surface area contributed by atoms with Crippen molar-refractivity contribution in [2.24, 2.45) is 0 Å². The van der Waals surface area contributed by atoms with Crippen LogP contribution in [0.25, 0.3) is 0 Å². The highest BCUT2D eigenvalue weighted by Crippen LogP contribution is 2.14. The molecule has 1 aromatic heterocycles. The minimum atomic E-state index is -0.389. The van der Waals surface area contributed by atoms with E-state index >= 15 is 0 Å². The lowest BCUT2D eigenvalue weighted by molar-refractivity contribution is 0.598. The predicted octanol–water partition coefficient (Wildman–Crippen LogP) is 0.804. The van der Waals surface area contributed by atoms with Crippen LogP contribution in [-0.2, 0) is 0 Å². The van der Waals surface area contributed by atoms with Crippen LogP contribution in [0.1, 0.15) is 13.3 Å². The standard InChI is InChI=1S/C10H15FN4/c1-2-15(9-3-4-12-7-9)10-13-5-8(11)6-14-10/h5-6,9,12H,2-4,7H2,1H3. The second kappa shape index (κ2) is 4.53. The van der Waals surface area contributed by atoms with Crippen molar-refractivity contribution in [3.63, 3.8) is 0 Å². The molecule has 0 saturated carbocycles. The molecule has 1 fully saturated rings. The summed E-state index contributed by atoms with van der Waals surface area (Å²) in [7, 11) is 0. The van der Waals surface area contributed by atoms with Crippen LogP contribution in [0.4, 0.5) is 10.3 Å². The first-order chi connectivity index (χ1) is 7.31. The van der Waals surface area contributed by atoms with Crippen molar-refractivity contribution in [3.8, 4) is 0 Å². The van der Waals surface area contributed by atoms with E-state index in [2.05, 4.69) is 27.1 Å². The molecule has 1 aliphatic rings. The zero-order valence-corrected chi connectivity index (χ0v) is 8.78. The van der Waals surface area contributed by atoms with E-state index in [1.807, 2.05) is 0 Å². The number of hydrogen-bond donors (Lipinski definition) is 1. The second-order valence-electron chi connectivity index (χ2n) is 3.63. The van der Waals surface area contributed by atoms with Crippen molar-refractivity contribution >= 4 is 5.95 Å². The number of hydrogen-bond acceptors (Lipinski definition) is 4. The lowest BCUT2D eigenvalue weighted by Gasteiger charge is -2.26. The molecule has 1 unspecified atom stereocenters. The third-order valence-corrected chi connectivity index (χ3v) is 2.68. The zero-order valence-electron chi connectivity index (χ0n) is 8.78. The number of aromatic nitrogens is 2. The molecule has 0 spiro atoms. The Balaban J connectivity index is 2.14. The molecule has 0 bridgehead atoms. The zero-order chi connectivity index (χ0) is 10.7. The Morgan fingerprint density at radius 1 is 1.53 bits per heavy atom. The van der Waals surface area contributed by atoms with Gasteiger partial charge in [-0.3, -0.25) is 0 Å². The van der Waals surface area contributed by atoms with Gasteiger partial charge < -0.3 is 10.2 Å². The number of anilines is 1. The van der Waals surface area contributed by atoms with Crippen LogP contribution in [0.15, 0.2) is 12.4 Å². The van der Waals surface area contributed by atoms with E-state index in [0.717, 1.165) is 26.1 Å². The molecule has 0 amide bonds. The molecule has 15 heavy (non-hydrogen) atoms. The van der Waals surface area contributed by atoms with Crippen molar-refractivity contribution in [1.29, 1.82) is 0 Å². The van der Waals surface area contributed by atoms with Gasteiger partial charge in [-0.2, -0.15) is 0 Å². The Labute approximate surface area is 88.5 Å². The van der Waals surface area contributed by atoms with Crippen LogP contribution in [0.3, 0.4) is 0 Å². The van der Waals surface area contributed by atoms with Crippen LogP contribution in [0, 0.1) is 5.82 Å². The van der Waals surface area contributed by atoms with Crippen LogP contribution in [0.5, 0.6) is 0 Å². The van der Waals surface area contributed by atoms with Gasteiger partial charge in [0.15, 0.2) is 5.82 Å². The van der Waals surface area contributed by atoms with E-state index in [-0.39, 0.29) is 5.82 Å². The van der Waals surface area contributed by atoms with Gasteiger partial charge in [-0.1, -0.05) is 0 Å². The summed E-state index contributed by atoms with van der Waals surface area (Å²) in [5.41, 5.74) is 0. The SMILES string of the molecule is CCN(c1ncc(F)cn1)C1CCNC1. The number of nitrogens with one attached hydrogen (secondary N) is 1. The Morgan fingerprint density at radius 2 is 2.27 bits per heavy atom. The van der Waals surface area contributed by atoms with E-state index < -0.39 is 0 Å². The maximum atomic E-state index is 12.7. The lowest BCUT2D eigenvalue weighted by atomic mass is 10.2. The highest BCUT2D eigenvalue weighted by Gasteiger charge is 2.22. The summed E-state index contributed by atoms with van der Waals surface area (Å²) in [4.78, 5) is 10.1. The van der Waals surface area contributed by atoms with Gasteiger partial charge in [0.1, 0.15) is 0 Å². The number of likely N-dealkylation sites (N-methyl/N-ethyl adjacent to an activating group) is 1. The van der Waals surface area contributed by atoms with E-state index in [4.69, 9.17) is 0 Å². The monoisotopic (exact) mass is 210 g/mol. The predicted molar refractivity (Wildman–Crippen MR) is 56.3 cm³/mol. The highest BCUT2D eigenvalue weighted by molar-refractivity contribution is 5.31. The Morgan fingerprint density at radius 3 is 2.80 bits per heavy atom. The van der Waals surface area contributed by atoms with Crippen molar-refractivity contribution in [2.75, 3.05) is 24.5 Å². The minimum Gasteiger partial charge on any atom is -0.337 e.